The highest BCUT2D eigenvalue weighted by atomic mass is 19.1. The molecule has 1 aliphatic heterocycles. The molecule has 0 saturated carbocycles. The average Bonchev–Trinajstić information content (AvgIpc) is 3.14. The number of anilines is 2. The topological polar surface area (TPSA) is 94.2 Å². The minimum atomic E-state index is -0.706. The molecule has 1 fully saturated rings. The quantitative estimate of drug-likeness (QED) is 0.697. The number of carbonyl (C=O) groups is 3. The number of esters is 1. The smallest absolute Gasteiger partial charge is 0.311 e. The number of hydrogen-bond acceptors (Lipinski definition) is 6. The van der Waals surface area contributed by atoms with Crippen molar-refractivity contribution in [3.8, 4) is 11.5 Å². The van der Waals surface area contributed by atoms with Gasteiger partial charge in [0.1, 0.15) is 17.3 Å². The summed E-state index contributed by atoms with van der Waals surface area (Å²) in [6.45, 7) is -0.396. The third kappa shape index (κ3) is 4.86. The SMILES string of the molecule is COc1ccc(N2C[C@@H](C(=O)OCC(=O)Nc3ccc(F)cc3)CC2=O)c(OC)c1. The van der Waals surface area contributed by atoms with Crippen LogP contribution >= 0.6 is 0 Å². The molecule has 0 spiro atoms. The van der Waals surface area contributed by atoms with Crippen molar-refractivity contribution in [1.29, 1.82) is 0 Å². The Morgan fingerprint density at radius 1 is 1.13 bits per heavy atom. The molecule has 1 N–H and O–H groups in total. The van der Waals surface area contributed by atoms with Gasteiger partial charge in [-0.25, -0.2) is 4.39 Å². The second-order valence-electron chi connectivity index (χ2n) is 6.61. The molecule has 9 heteroatoms. The maximum absolute atomic E-state index is 12.9. The van der Waals surface area contributed by atoms with Crippen LogP contribution in [0.1, 0.15) is 6.42 Å². The Hall–Kier alpha value is -3.62. The van der Waals surface area contributed by atoms with Crippen molar-refractivity contribution in [2.24, 2.45) is 5.92 Å². The molecule has 30 heavy (non-hydrogen) atoms. The monoisotopic (exact) mass is 416 g/mol. The number of nitrogens with one attached hydrogen (secondary N) is 1. The van der Waals surface area contributed by atoms with Gasteiger partial charge in [0, 0.05) is 24.7 Å². The fraction of sp³-hybridized carbons (Fsp3) is 0.286. The van der Waals surface area contributed by atoms with Crippen LogP contribution in [0.5, 0.6) is 11.5 Å². The molecule has 1 atom stereocenters. The minimum absolute atomic E-state index is 0.0341. The van der Waals surface area contributed by atoms with Gasteiger partial charge in [-0.2, -0.15) is 0 Å². The van der Waals surface area contributed by atoms with Crippen LogP contribution in [-0.4, -0.2) is 45.2 Å². The maximum Gasteiger partial charge on any atom is 0.311 e. The van der Waals surface area contributed by atoms with Crippen molar-refractivity contribution in [2.75, 3.05) is 37.6 Å². The lowest BCUT2D eigenvalue weighted by Crippen LogP contribution is -2.28. The van der Waals surface area contributed by atoms with Gasteiger partial charge in [0.2, 0.25) is 5.91 Å². The maximum atomic E-state index is 12.9. The van der Waals surface area contributed by atoms with Crippen LogP contribution in [0.15, 0.2) is 42.5 Å². The molecule has 2 amide bonds. The zero-order valence-corrected chi connectivity index (χ0v) is 16.5. The molecule has 0 bridgehead atoms. The van der Waals surface area contributed by atoms with E-state index < -0.39 is 30.2 Å². The van der Waals surface area contributed by atoms with Crippen molar-refractivity contribution in [3.05, 3.63) is 48.3 Å². The number of methoxy groups -OCH3 is 2. The molecule has 1 heterocycles. The van der Waals surface area contributed by atoms with E-state index in [2.05, 4.69) is 5.32 Å². The number of nitrogens with zero attached hydrogens (tertiary/aromatic N) is 1. The lowest BCUT2D eigenvalue weighted by atomic mass is 10.1. The van der Waals surface area contributed by atoms with E-state index in [1.54, 1.807) is 18.2 Å². The zero-order valence-electron chi connectivity index (χ0n) is 16.5. The van der Waals surface area contributed by atoms with Gasteiger partial charge in [-0.15, -0.1) is 0 Å². The molecule has 0 aliphatic carbocycles. The summed E-state index contributed by atoms with van der Waals surface area (Å²) in [5.74, 6) is -1.58. The average molecular weight is 416 g/mol. The standard InChI is InChI=1S/C21H21FN2O6/c1-28-16-7-8-17(18(10-16)29-2)24-11-13(9-20(24)26)21(27)30-12-19(25)23-15-5-3-14(22)4-6-15/h3-8,10,13H,9,11-12H2,1-2H3,(H,23,25)/t13-/m0/s1. The van der Waals surface area contributed by atoms with E-state index in [9.17, 15) is 18.8 Å². The van der Waals surface area contributed by atoms with Crippen LogP contribution in [0.25, 0.3) is 0 Å². The van der Waals surface area contributed by atoms with Crippen LogP contribution in [-0.2, 0) is 19.1 Å². The summed E-state index contributed by atoms with van der Waals surface area (Å²) in [4.78, 5) is 38.2. The molecule has 3 rings (SSSR count). The highest BCUT2D eigenvalue weighted by Crippen LogP contribution is 2.36. The molecule has 0 unspecified atom stereocenters. The van der Waals surface area contributed by atoms with Crippen LogP contribution in [0.2, 0.25) is 0 Å². The van der Waals surface area contributed by atoms with Crippen molar-refractivity contribution in [2.45, 2.75) is 6.42 Å². The molecule has 0 radical (unpaired) electrons. The van der Waals surface area contributed by atoms with Crippen LogP contribution in [0.4, 0.5) is 15.8 Å². The first-order chi connectivity index (χ1) is 14.4. The Morgan fingerprint density at radius 3 is 2.53 bits per heavy atom. The van der Waals surface area contributed by atoms with E-state index in [0.717, 1.165) is 0 Å². The second-order valence-corrected chi connectivity index (χ2v) is 6.61. The molecule has 2 aromatic carbocycles. The Balaban J connectivity index is 1.57. The van der Waals surface area contributed by atoms with Crippen molar-refractivity contribution in [1.82, 2.24) is 0 Å². The number of hydrogen-bond donors (Lipinski definition) is 1. The first kappa shape index (κ1) is 21.1. The van der Waals surface area contributed by atoms with Crippen LogP contribution < -0.4 is 19.7 Å². The zero-order chi connectivity index (χ0) is 21.7. The Morgan fingerprint density at radius 2 is 1.87 bits per heavy atom. The summed E-state index contributed by atoms with van der Waals surface area (Å²) in [6.07, 6.45) is -0.0341. The number of rotatable bonds is 7. The number of amides is 2. The summed E-state index contributed by atoms with van der Waals surface area (Å²) in [7, 11) is 3.00. The first-order valence-corrected chi connectivity index (χ1v) is 9.15. The third-order valence-corrected chi connectivity index (χ3v) is 4.61. The van der Waals surface area contributed by atoms with Gasteiger partial charge in [0.15, 0.2) is 6.61 Å². The molecule has 1 saturated heterocycles. The first-order valence-electron chi connectivity index (χ1n) is 9.15. The molecular formula is C21H21FN2O6. The van der Waals surface area contributed by atoms with Gasteiger partial charge in [0.25, 0.3) is 5.91 Å². The van der Waals surface area contributed by atoms with Gasteiger partial charge in [-0.3, -0.25) is 14.4 Å². The molecule has 0 aromatic heterocycles. The van der Waals surface area contributed by atoms with Crippen molar-refractivity contribution < 1.29 is 33.0 Å². The third-order valence-electron chi connectivity index (χ3n) is 4.61. The predicted molar refractivity (Wildman–Crippen MR) is 106 cm³/mol. The highest BCUT2D eigenvalue weighted by Gasteiger charge is 2.37. The van der Waals surface area contributed by atoms with Gasteiger partial charge < -0.3 is 24.4 Å². The summed E-state index contributed by atoms with van der Waals surface area (Å²) >= 11 is 0. The van der Waals surface area contributed by atoms with Gasteiger partial charge in [0.05, 0.1) is 25.8 Å². The second kappa shape index (κ2) is 9.25. The summed E-state index contributed by atoms with van der Waals surface area (Å²) in [5, 5.41) is 2.50. The van der Waals surface area contributed by atoms with Crippen LogP contribution in [0, 0.1) is 11.7 Å². The van der Waals surface area contributed by atoms with E-state index in [-0.39, 0.29) is 18.9 Å². The Kier molecular flexibility index (Phi) is 6.51. The fourth-order valence-corrected chi connectivity index (χ4v) is 3.09. The van der Waals surface area contributed by atoms with E-state index in [1.807, 2.05) is 0 Å². The van der Waals surface area contributed by atoms with Gasteiger partial charge in [-0.05, 0) is 36.4 Å². The van der Waals surface area contributed by atoms with Crippen LogP contribution in [0.3, 0.4) is 0 Å². The number of benzene rings is 2. The normalized spacial score (nSPS) is 15.6. The molecule has 158 valence electrons. The largest absolute Gasteiger partial charge is 0.497 e. The summed E-state index contributed by atoms with van der Waals surface area (Å²) < 4.78 is 28.4. The van der Waals surface area contributed by atoms with E-state index >= 15 is 0 Å². The lowest BCUT2D eigenvalue weighted by molar-refractivity contribution is -0.151. The predicted octanol–water partition coefficient (Wildman–Crippen LogP) is 2.38. The Labute approximate surface area is 172 Å². The highest BCUT2D eigenvalue weighted by molar-refractivity contribution is 6.01. The number of ether oxygens (including phenoxy) is 3. The van der Waals surface area contributed by atoms with Gasteiger partial charge >= 0.3 is 5.97 Å². The van der Waals surface area contributed by atoms with Crippen molar-refractivity contribution in [3.63, 3.8) is 0 Å². The summed E-state index contributed by atoms with van der Waals surface area (Å²) in [5.41, 5.74) is 0.902. The van der Waals surface area contributed by atoms with Gasteiger partial charge in [-0.1, -0.05) is 0 Å². The molecule has 1 aliphatic rings. The summed E-state index contributed by atoms with van der Waals surface area (Å²) in [6, 6.07) is 10.2. The number of carbonyl (C=O) groups excluding carboxylic acids is 3. The number of halogens is 1. The van der Waals surface area contributed by atoms with E-state index in [4.69, 9.17) is 14.2 Å². The molecular weight excluding hydrogens is 395 g/mol. The molecule has 2 aromatic rings. The Bertz CT molecular complexity index is 947. The fourth-order valence-electron chi connectivity index (χ4n) is 3.09. The van der Waals surface area contributed by atoms with Crippen molar-refractivity contribution >= 4 is 29.2 Å². The lowest BCUT2D eigenvalue weighted by Gasteiger charge is -2.20. The molecule has 8 nitrogen and oxygen atoms in total. The van der Waals surface area contributed by atoms with E-state index in [0.29, 0.717) is 22.9 Å². The van der Waals surface area contributed by atoms with E-state index in [1.165, 1.54) is 43.4 Å². The minimum Gasteiger partial charge on any atom is -0.497 e.